The van der Waals surface area contributed by atoms with Crippen molar-refractivity contribution in [1.29, 1.82) is 0 Å². The van der Waals surface area contributed by atoms with Gasteiger partial charge in [-0.3, -0.25) is 4.90 Å². The third-order valence-corrected chi connectivity index (χ3v) is 3.96. The van der Waals surface area contributed by atoms with Gasteiger partial charge in [-0.2, -0.15) is 0 Å². The number of rotatable bonds is 6. The molecule has 102 valence electrons. The van der Waals surface area contributed by atoms with E-state index in [0.717, 1.165) is 19.0 Å². The monoisotopic (exact) mass is 249 g/mol. The first kappa shape index (κ1) is 13.6. The molecule has 2 heterocycles. The zero-order chi connectivity index (χ0) is 13.0. The first-order chi connectivity index (χ1) is 8.66. The molecule has 1 atom stereocenters. The Morgan fingerprint density at radius 1 is 1.28 bits per heavy atom. The van der Waals surface area contributed by atoms with E-state index in [1.54, 1.807) is 0 Å². The van der Waals surface area contributed by atoms with E-state index in [1.807, 2.05) is 0 Å². The average molecular weight is 249 g/mol. The van der Waals surface area contributed by atoms with E-state index in [2.05, 4.69) is 54.1 Å². The zero-order valence-corrected chi connectivity index (χ0v) is 12.0. The molecule has 3 heteroatoms. The van der Waals surface area contributed by atoms with Crippen molar-refractivity contribution in [2.75, 3.05) is 19.6 Å². The van der Waals surface area contributed by atoms with Crippen LogP contribution in [0, 0.1) is 5.92 Å². The van der Waals surface area contributed by atoms with Crippen molar-refractivity contribution in [1.82, 2.24) is 14.8 Å². The summed E-state index contributed by atoms with van der Waals surface area (Å²) in [7, 11) is 2.07. The van der Waals surface area contributed by atoms with E-state index < -0.39 is 0 Å². The molecule has 1 aliphatic heterocycles. The molecule has 1 aliphatic rings. The van der Waals surface area contributed by atoms with Gasteiger partial charge in [-0.1, -0.05) is 13.8 Å². The molecule has 0 aromatic carbocycles. The Hall–Kier alpha value is -0.800. The molecule has 18 heavy (non-hydrogen) atoms. The Morgan fingerprint density at radius 3 is 2.56 bits per heavy atom. The quantitative estimate of drug-likeness (QED) is 0.834. The summed E-state index contributed by atoms with van der Waals surface area (Å²) in [6.07, 6.45) is 7.05. The van der Waals surface area contributed by atoms with Crippen molar-refractivity contribution < 1.29 is 0 Å². The van der Waals surface area contributed by atoms with Gasteiger partial charge in [-0.25, -0.2) is 0 Å². The number of nitrogens with one attached hydrogen (secondary N) is 1. The lowest BCUT2D eigenvalue weighted by Gasteiger charge is -2.31. The van der Waals surface area contributed by atoms with Crippen LogP contribution in [-0.2, 0) is 13.6 Å². The van der Waals surface area contributed by atoms with Gasteiger partial charge in [0.2, 0.25) is 0 Å². The SMILES string of the molecule is CC(C)C(CNCc1ccn(C)c1)N1CCCC1. The van der Waals surface area contributed by atoms with Crippen LogP contribution < -0.4 is 5.32 Å². The summed E-state index contributed by atoms with van der Waals surface area (Å²) in [6.45, 7) is 9.34. The van der Waals surface area contributed by atoms with Gasteiger partial charge in [-0.15, -0.1) is 0 Å². The van der Waals surface area contributed by atoms with Crippen molar-refractivity contribution >= 4 is 0 Å². The highest BCUT2D eigenvalue weighted by atomic mass is 15.2. The average Bonchev–Trinajstić information content (AvgIpc) is 2.95. The van der Waals surface area contributed by atoms with Crippen molar-refractivity contribution in [2.24, 2.45) is 13.0 Å². The number of aryl methyl sites for hydroxylation is 1. The molecule has 1 fully saturated rings. The number of hydrogen-bond donors (Lipinski definition) is 1. The van der Waals surface area contributed by atoms with E-state index in [4.69, 9.17) is 0 Å². The van der Waals surface area contributed by atoms with E-state index >= 15 is 0 Å². The molecule has 1 aromatic heterocycles. The van der Waals surface area contributed by atoms with Crippen LogP contribution in [-0.4, -0.2) is 35.1 Å². The molecular weight excluding hydrogens is 222 g/mol. The van der Waals surface area contributed by atoms with Crippen LogP contribution in [0.2, 0.25) is 0 Å². The predicted molar refractivity (Wildman–Crippen MR) is 76.6 cm³/mol. The lowest BCUT2D eigenvalue weighted by Crippen LogP contribution is -2.44. The van der Waals surface area contributed by atoms with Crippen molar-refractivity contribution in [3.63, 3.8) is 0 Å². The highest BCUT2D eigenvalue weighted by molar-refractivity contribution is 5.09. The maximum Gasteiger partial charge on any atom is 0.0243 e. The van der Waals surface area contributed by atoms with Crippen molar-refractivity contribution in [3.8, 4) is 0 Å². The second-order valence-corrected chi connectivity index (χ2v) is 5.87. The number of aromatic nitrogens is 1. The van der Waals surface area contributed by atoms with Crippen molar-refractivity contribution in [3.05, 3.63) is 24.0 Å². The van der Waals surface area contributed by atoms with Crippen LogP contribution in [0.3, 0.4) is 0 Å². The van der Waals surface area contributed by atoms with E-state index in [1.165, 1.54) is 31.5 Å². The maximum atomic E-state index is 3.62. The third kappa shape index (κ3) is 3.59. The van der Waals surface area contributed by atoms with Gasteiger partial charge in [-0.05, 0) is 43.5 Å². The van der Waals surface area contributed by atoms with E-state index in [9.17, 15) is 0 Å². The molecule has 0 saturated carbocycles. The largest absolute Gasteiger partial charge is 0.357 e. The fourth-order valence-corrected chi connectivity index (χ4v) is 2.89. The summed E-state index contributed by atoms with van der Waals surface area (Å²) < 4.78 is 2.11. The third-order valence-electron chi connectivity index (χ3n) is 3.96. The second kappa shape index (κ2) is 6.39. The molecule has 1 saturated heterocycles. The fourth-order valence-electron chi connectivity index (χ4n) is 2.89. The van der Waals surface area contributed by atoms with Crippen LogP contribution in [0.4, 0.5) is 0 Å². The summed E-state index contributed by atoms with van der Waals surface area (Å²) >= 11 is 0. The molecule has 3 nitrogen and oxygen atoms in total. The summed E-state index contributed by atoms with van der Waals surface area (Å²) in [5.41, 5.74) is 1.38. The van der Waals surface area contributed by atoms with E-state index in [-0.39, 0.29) is 0 Å². The summed E-state index contributed by atoms with van der Waals surface area (Å²) in [5.74, 6) is 0.728. The Labute approximate surface area is 111 Å². The van der Waals surface area contributed by atoms with E-state index in [0.29, 0.717) is 6.04 Å². The van der Waals surface area contributed by atoms with Gasteiger partial charge in [0, 0.05) is 38.6 Å². The normalized spacial score (nSPS) is 18.7. The van der Waals surface area contributed by atoms with Gasteiger partial charge in [0.05, 0.1) is 0 Å². The molecule has 0 spiro atoms. The van der Waals surface area contributed by atoms with Crippen LogP contribution in [0.5, 0.6) is 0 Å². The highest BCUT2D eigenvalue weighted by Crippen LogP contribution is 2.17. The number of nitrogens with zero attached hydrogens (tertiary/aromatic N) is 2. The lowest BCUT2D eigenvalue weighted by atomic mass is 10.0. The Bertz CT molecular complexity index is 350. The molecule has 2 rings (SSSR count). The second-order valence-electron chi connectivity index (χ2n) is 5.87. The summed E-state index contributed by atoms with van der Waals surface area (Å²) in [5, 5.41) is 3.62. The smallest absolute Gasteiger partial charge is 0.0243 e. The van der Waals surface area contributed by atoms with Crippen molar-refractivity contribution in [2.45, 2.75) is 39.3 Å². The highest BCUT2D eigenvalue weighted by Gasteiger charge is 2.23. The Balaban J connectivity index is 1.78. The van der Waals surface area contributed by atoms with Crippen LogP contribution >= 0.6 is 0 Å². The van der Waals surface area contributed by atoms with Gasteiger partial charge < -0.3 is 9.88 Å². The topological polar surface area (TPSA) is 20.2 Å². The fraction of sp³-hybridized carbons (Fsp3) is 0.733. The van der Waals surface area contributed by atoms with Crippen LogP contribution in [0.25, 0.3) is 0 Å². The standard InChI is InChI=1S/C15H27N3/c1-13(2)15(18-7-4-5-8-18)11-16-10-14-6-9-17(3)12-14/h6,9,12-13,15-16H,4-5,7-8,10-11H2,1-3H3. The minimum absolute atomic E-state index is 0.691. The molecule has 1 unspecified atom stereocenters. The Kier molecular flexibility index (Phi) is 4.84. The lowest BCUT2D eigenvalue weighted by molar-refractivity contribution is 0.186. The minimum Gasteiger partial charge on any atom is -0.357 e. The predicted octanol–water partition coefficient (Wildman–Crippen LogP) is 2.24. The minimum atomic E-state index is 0.691. The van der Waals surface area contributed by atoms with Gasteiger partial charge >= 0.3 is 0 Å². The van der Waals surface area contributed by atoms with Gasteiger partial charge in [0.1, 0.15) is 0 Å². The Morgan fingerprint density at radius 2 is 2.00 bits per heavy atom. The van der Waals surface area contributed by atoms with Crippen LogP contribution in [0.15, 0.2) is 18.5 Å². The summed E-state index contributed by atoms with van der Waals surface area (Å²) in [4.78, 5) is 2.66. The molecule has 0 aliphatic carbocycles. The first-order valence-electron chi connectivity index (χ1n) is 7.22. The van der Waals surface area contributed by atoms with Gasteiger partial charge in [0.25, 0.3) is 0 Å². The van der Waals surface area contributed by atoms with Gasteiger partial charge in [0.15, 0.2) is 0 Å². The molecular formula is C15H27N3. The summed E-state index contributed by atoms with van der Waals surface area (Å²) in [6, 6.07) is 2.88. The number of hydrogen-bond acceptors (Lipinski definition) is 2. The van der Waals surface area contributed by atoms with Crippen LogP contribution in [0.1, 0.15) is 32.3 Å². The molecule has 0 radical (unpaired) electrons. The molecule has 0 amide bonds. The molecule has 1 N–H and O–H groups in total. The zero-order valence-electron chi connectivity index (χ0n) is 12.0. The maximum absolute atomic E-state index is 3.62. The molecule has 0 bridgehead atoms. The first-order valence-corrected chi connectivity index (χ1v) is 7.22. The molecule has 1 aromatic rings. The number of likely N-dealkylation sites (tertiary alicyclic amines) is 1.